The molecule has 1 unspecified atom stereocenters. The van der Waals surface area contributed by atoms with Crippen molar-refractivity contribution in [1.29, 1.82) is 0 Å². The molecule has 0 aliphatic rings. The number of carbonyl (C=O) groups is 2. The van der Waals surface area contributed by atoms with Gasteiger partial charge < -0.3 is 14.8 Å². The summed E-state index contributed by atoms with van der Waals surface area (Å²) in [7, 11) is 1.21. The van der Waals surface area contributed by atoms with Gasteiger partial charge in [0, 0.05) is 6.42 Å². The summed E-state index contributed by atoms with van der Waals surface area (Å²) in [6, 6.07) is 11.4. The summed E-state index contributed by atoms with van der Waals surface area (Å²) in [5.41, 5.74) is 0.306. The zero-order valence-electron chi connectivity index (χ0n) is 14.9. The Morgan fingerprint density at radius 3 is 2.41 bits per heavy atom. The van der Waals surface area contributed by atoms with E-state index in [1.54, 1.807) is 30.3 Å². The first-order valence-electron chi connectivity index (χ1n) is 8.11. The van der Waals surface area contributed by atoms with Crippen molar-refractivity contribution in [2.24, 2.45) is 0 Å². The van der Waals surface area contributed by atoms with Gasteiger partial charge in [-0.05, 0) is 30.7 Å². The van der Waals surface area contributed by atoms with E-state index in [1.165, 1.54) is 19.2 Å². The quantitative estimate of drug-likeness (QED) is 0.468. The van der Waals surface area contributed by atoms with Crippen LogP contribution in [0.4, 0.5) is 11.4 Å². The number of rotatable bonds is 8. The number of benzene rings is 2. The Hall–Kier alpha value is -2.91. The number of para-hydroxylation sites is 1. The molecule has 27 heavy (non-hydrogen) atoms. The minimum Gasteiger partial charge on any atom is -0.465 e. The van der Waals surface area contributed by atoms with Crippen molar-refractivity contribution in [2.45, 2.75) is 19.8 Å². The van der Waals surface area contributed by atoms with E-state index >= 15 is 0 Å². The van der Waals surface area contributed by atoms with Crippen LogP contribution in [0.15, 0.2) is 42.5 Å². The largest absolute Gasteiger partial charge is 0.465 e. The second-order valence-electron chi connectivity index (χ2n) is 5.46. The standard InChI is InChI=1S/C18H20N2O6S/c1-3-7-16(21)19-14-10-12(18(22)25-2)11-15(20-27(23)24)17(14)26-13-8-5-4-6-9-13/h4-6,8-11,20H,3,7H2,1-2H3,(H,19,21)(H,23,24). The first kappa shape index (κ1) is 20.4. The molecule has 0 aliphatic heterocycles. The normalized spacial score (nSPS) is 11.4. The molecule has 1 amide bonds. The minimum atomic E-state index is -2.43. The fourth-order valence-corrected chi connectivity index (χ4v) is 2.62. The highest BCUT2D eigenvalue weighted by atomic mass is 32.2. The highest BCUT2D eigenvalue weighted by Gasteiger charge is 2.20. The van der Waals surface area contributed by atoms with Gasteiger partial charge in [-0.1, -0.05) is 25.1 Å². The molecule has 3 N–H and O–H groups in total. The SMILES string of the molecule is CCCC(=O)Nc1cc(C(=O)OC)cc(NS(=O)O)c1Oc1ccccc1. The van der Waals surface area contributed by atoms with Gasteiger partial charge in [0.2, 0.25) is 5.91 Å². The summed E-state index contributed by atoms with van der Waals surface area (Å²) in [4.78, 5) is 24.0. The zero-order chi connectivity index (χ0) is 19.8. The highest BCUT2D eigenvalue weighted by molar-refractivity contribution is 7.80. The number of hydrogen-bond donors (Lipinski definition) is 3. The third-order valence-corrected chi connectivity index (χ3v) is 3.82. The lowest BCUT2D eigenvalue weighted by Gasteiger charge is -2.17. The van der Waals surface area contributed by atoms with Crippen LogP contribution in [0.3, 0.4) is 0 Å². The first-order chi connectivity index (χ1) is 12.9. The van der Waals surface area contributed by atoms with E-state index in [2.05, 4.69) is 10.0 Å². The Morgan fingerprint density at radius 2 is 1.81 bits per heavy atom. The van der Waals surface area contributed by atoms with Crippen LogP contribution in [0, 0.1) is 0 Å². The predicted octanol–water partition coefficient (Wildman–Crippen LogP) is 3.55. The van der Waals surface area contributed by atoms with Gasteiger partial charge in [-0.25, -0.2) is 9.00 Å². The minimum absolute atomic E-state index is 0.0504. The number of amides is 1. The zero-order valence-corrected chi connectivity index (χ0v) is 15.7. The van der Waals surface area contributed by atoms with Crippen LogP contribution < -0.4 is 14.8 Å². The second kappa shape index (κ2) is 9.70. The second-order valence-corrected chi connectivity index (χ2v) is 6.16. The number of nitrogens with one attached hydrogen (secondary N) is 2. The molecule has 2 aromatic rings. The molecule has 2 aromatic carbocycles. The van der Waals surface area contributed by atoms with Gasteiger partial charge in [0.05, 0.1) is 24.0 Å². The number of ether oxygens (including phenoxy) is 2. The molecule has 8 nitrogen and oxygen atoms in total. The lowest BCUT2D eigenvalue weighted by atomic mass is 10.1. The molecule has 1 atom stereocenters. The Balaban J connectivity index is 2.57. The van der Waals surface area contributed by atoms with Crippen LogP contribution in [0.2, 0.25) is 0 Å². The van der Waals surface area contributed by atoms with Crippen LogP contribution >= 0.6 is 0 Å². The topological polar surface area (TPSA) is 114 Å². The lowest BCUT2D eigenvalue weighted by Crippen LogP contribution is -2.14. The third kappa shape index (κ3) is 5.80. The van der Waals surface area contributed by atoms with Gasteiger partial charge >= 0.3 is 5.97 Å². The van der Waals surface area contributed by atoms with E-state index in [0.717, 1.165) is 0 Å². The summed E-state index contributed by atoms with van der Waals surface area (Å²) in [6.45, 7) is 1.85. The van der Waals surface area contributed by atoms with E-state index in [4.69, 9.17) is 9.47 Å². The van der Waals surface area contributed by atoms with Gasteiger partial charge in [0.1, 0.15) is 5.75 Å². The van der Waals surface area contributed by atoms with Gasteiger partial charge in [0.25, 0.3) is 11.3 Å². The van der Waals surface area contributed by atoms with Crippen LogP contribution in [0.25, 0.3) is 0 Å². The molecular formula is C18H20N2O6S. The summed E-state index contributed by atoms with van der Waals surface area (Å²) in [5, 5.41) is 2.67. The van der Waals surface area contributed by atoms with Crippen molar-refractivity contribution in [3.63, 3.8) is 0 Å². The van der Waals surface area contributed by atoms with Crippen molar-refractivity contribution in [3.05, 3.63) is 48.0 Å². The molecule has 0 saturated carbocycles. The van der Waals surface area contributed by atoms with Gasteiger partial charge in [-0.3, -0.25) is 14.1 Å². The van der Waals surface area contributed by atoms with Crippen LogP contribution in [-0.2, 0) is 20.8 Å². The van der Waals surface area contributed by atoms with Crippen LogP contribution in [0.1, 0.15) is 30.1 Å². The van der Waals surface area contributed by atoms with E-state index in [9.17, 15) is 18.4 Å². The van der Waals surface area contributed by atoms with E-state index in [1.807, 2.05) is 6.92 Å². The summed E-state index contributed by atoms with van der Waals surface area (Å²) < 4.78 is 33.4. The number of carbonyl (C=O) groups excluding carboxylic acids is 2. The van der Waals surface area contributed by atoms with E-state index in [0.29, 0.717) is 12.2 Å². The van der Waals surface area contributed by atoms with Crippen molar-refractivity contribution in [1.82, 2.24) is 0 Å². The fraction of sp³-hybridized carbons (Fsp3) is 0.222. The summed E-state index contributed by atoms with van der Waals surface area (Å²) in [5.74, 6) is -0.408. The fourth-order valence-electron chi connectivity index (χ4n) is 2.28. The van der Waals surface area contributed by atoms with Crippen molar-refractivity contribution in [3.8, 4) is 11.5 Å². The molecule has 9 heteroatoms. The molecular weight excluding hydrogens is 372 g/mol. The molecule has 0 aromatic heterocycles. The number of anilines is 2. The average Bonchev–Trinajstić information content (AvgIpc) is 2.64. The summed E-state index contributed by atoms with van der Waals surface area (Å²) in [6.07, 6.45) is 0.894. The maximum absolute atomic E-state index is 12.1. The summed E-state index contributed by atoms with van der Waals surface area (Å²) >= 11 is -2.43. The molecule has 0 radical (unpaired) electrons. The third-order valence-electron chi connectivity index (χ3n) is 3.42. The van der Waals surface area contributed by atoms with Gasteiger partial charge in [-0.15, -0.1) is 0 Å². The van der Waals surface area contributed by atoms with Crippen molar-refractivity contribution in [2.75, 3.05) is 17.1 Å². The Labute approximate surface area is 159 Å². The molecule has 2 rings (SSSR count). The molecule has 0 heterocycles. The Morgan fingerprint density at radius 1 is 1.15 bits per heavy atom. The smallest absolute Gasteiger partial charge is 0.338 e. The van der Waals surface area contributed by atoms with E-state index < -0.39 is 17.2 Å². The van der Waals surface area contributed by atoms with Crippen molar-refractivity contribution < 1.29 is 27.8 Å². The molecule has 0 saturated heterocycles. The number of hydrogen-bond acceptors (Lipinski definition) is 5. The molecule has 0 fully saturated rings. The maximum atomic E-state index is 12.1. The monoisotopic (exact) mass is 392 g/mol. The van der Waals surface area contributed by atoms with Gasteiger partial charge in [-0.2, -0.15) is 0 Å². The molecule has 144 valence electrons. The predicted molar refractivity (Wildman–Crippen MR) is 102 cm³/mol. The molecule has 0 spiro atoms. The molecule has 0 bridgehead atoms. The Bertz CT molecular complexity index is 841. The Kier molecular flexibility index (Phi) is 7.33. The highest BCUT2D eigenvalue weighted by Crippen LogP contribution is 2.39. The van der Waals surface area contributed by atoms with Crippen LogP contribution in [-0.4, -0.2) is 27.7 Å². The maximum Gasteiger partial charge on any atom is 0.338 e. The van der Waals surface area contributed by atoms with Crippen molar-refractivity contribution >= 4 is 34.5 Å². The van der Waals surface area contributed by atoms with Crippen LogP contribution in [0.5, 0.6) is 11.5 Å². The van der Waals surface area contributed by atoms with E-state index in [-0.39, 0.29) is 35.0 Å². The number of methoxy groups -OCH3 is 1. The molecule has 0 aliphatic carbocycles. The van der Waals surface area contributed by atoms with Gasteiger partial charge in [0.15, 0.2) is 5.75 Å². The lowest BCUT2D eigenvalue weighted by molar-refractivity contribution is -0.116. The first-order valence-corrected chi connectivity index (χ1v) is 9.22. The average molecular weight is 392 g/mol. The number of esters is 1.